The molecule has 1 heteroatoms. The predicted molar refractivity (Wildman–Crippen MR) is 72.3 cm³/mol. The Morgan fingerprint density at radius 1 is 1.19 bits per heavy atom. The van der Waals surface area contributed by atoms with Crippen molar-refractivity contribution in [3.05, 3.63) is 12.3 Å². The first-order valence-electron chi connectivity index (χ1n) is 6.96. The van der Waals surface area contributed by atoms with E-state index in [4.69, 9.17) is 0 Å². The highest BCUT2D eigenvalue weighted by molar-refractivity contribution is 4.99. The molecule has 0 bridgehead atoms. The molecule has 0 aromatic rings. The molecular weight excluding hydrogens is 194 g/mol. The normalized spacial score (nSPS) is 26.1. The quantitative estimate of drug-likeness (QED) is 0.730. The highest BCUT2D eigenvalue weighted by Gasteiger charge is 2.25. The molecule has 16 heavy (non-hydrogen) atoms. The van der Waals surface area contributed by atoms with Crippen LogP contribution in [-0.2, 0) is 0 Å². The van der Waals surface area contributed by atoms with Crippen LogP contribution in [0.1, 0.15) is 59.8 Å². The third-order valence-electron chi connectivity index (χ3n) is 3.75. The molecule has 0 aromatic carbocycles. The van der Waals surface area contributed by atoms with Gasteiger partial charge in [0.25, 0.3) is 0 Å². The van der Waals surface area contributed by atoms with Crippen LogP contribution in [0.25, 0.3) is 0 Å². The molecule has 0 aliphatic heterocycles. The highest BCUT2D eigenvalue weighted by Crippen LogP contribution is 2.30. The van der Waals surface area contributed by atoms with Crippen molar-refractivity contribution in [2.24, 2.45) is 17.8 Å². The standard InChI is InChI=1S/C15H29N/c1-11(2)10-14-8-6-7-9-15(14)16-13(5)12(3)4/h11-12,14-16H,5-10H2,1-4H3. The third kappa shape index (κ3) is 4.19. The maximum Gasteiger partial charge on any atom is 0.0286 e. The maximum absolute atomic E-state index is 4.15. The van der Waals surface area contributed by atoms with Gasteiger partial charge in [-0.05, 0) is 37.0 Å². The Balaban J connectivity index is 2.49. The van der Waals surface area contributed by atoms with Gasteiger partial charge in [-0.15, -0.1) is 0 Å². The second-order valence-electron chi connectivity index (χ2n) is 6.10. The molecule has 1 fully saturated rings. The highest BCUT2D eigenvalue weighted by atomic mass is 14.9. The Bertz CT molecular complexity index is 217. The fourth-order valence-corrected chi connectivity index (χ4v) is 2.69. The molecule has 2 atom stereocenters. The van der Waals surface area contributed by atoms with Crippen LogP contribution in [0.3, 0.4) is 0 Å². The van der Waals surface area contributed by atoms with Crippen molar-refractivity contribution in [1.82, 2.24) is 5.32 Å². The van der Waals surface area contributed by atoms with Crippen molar-refractivity contribution in [1.29, 1.82) is 0 Å². The third-order valence-corrected chi connectivity index (χ3v) is 3.75. The van der Waals surface area contributed by atoms with E-state index in [2.05, 4.69) is 39.6 Å². The predicted octanol–water partition coefficient (Wildman–Crippen LogP) is 4.35. The zero-order valence-corrected chi connectivity index (χ0v) is 11.6. The number of allylic oxidation sites excluding steroid dienone is 1. The van der Waals surface area contributed by atoms with E-state index in [1.54, 1.807) is 0 Å². The van der Waals surface area contributed by atoms with Crippen molar-refractivity contribution in [2.45, 2.75) is 65.8 Å². The molecule has 0 aromatic heterocycles. The summed E-state index contributed by atoms with van der Waals surface area (Å²) < 4.78 is 0. The summed E-state index contributed by atoms with van der Waals surface area (Å²) in [6.07, 6.45) is 6.91. The Hall–Kier alpha value is -0.460. The molecule has 1 aliphatic rings. The van der Waals surface area contributed by atoms with Gasteiger partial charge in [-0.2, -0.15) is 0 Å². The molecule has 2 unspecified atom stereocenters. The van der Waals surface area contributed by atoms with Gasteiger partial charge in [-0.3, -0.25) is 0 Å². The number of hydrogen-bond donors (Lipinski definition) is 1. The summed E-state index contributed by atoms with van der Waals surface area (Å²) in [5.74, 6) is 2.24. The van der Waals surface area contributed by atoms with Crippen LogP contribution in [-0.4, -0.2) is 6.04 Å². The number of hydrogen-bond acceptors (Lipinski definition) is 1. The largest absolute Gasteiger partial charge is 0.386 e. The smallest absolute Gasteiger partial charge is 0.0286 e. The van der Waals surface area contributed by atoms with Gasteiger partial charge in [0.05, 0.1) is 0 Å². The molecule has 1 nitrogen and oxygen atoms in total. The van der Waals surface area contributed by atoms with Crippen molar-refractivity contribution in [3.63, 3.8) is 0 Å². The van der Waals surface area contributed by atoms with Crippen LogP contribution in [0.15, 0.2) is 12.3 Å². The van der Waals surface area contributed by atoms with Crippen LogP contribution in [0.2, 0.25) is 0 Å². The topological polar surface area (TPSA) is 12.0 Å². The fraction of sp³-hybridized carbons (Fsp3) is 0.867. The molecule has 0 amide bonds. The molecule has 1 aliphatic carbocycles. The summed E-state index contributed by atoms with van der Waals surface area (Å²) in [4.78, 5) is 0. The molecule has 94 valence electrons. The van der Waals surface area contributed by atoms with Crippen molar-refractivity contribution in [3.8, 4) is 0 Å². The Labute approximate surface area is 102 Å². The van der Waals surface area contributed by atoms with Gasteiger partial charge in [0.2, 0.25) is 0 Å². The summed E-state index contributed by atoms with van der Waals surface area (Å²) in [5.41, 5.74) is 1.22. The first-order valence-corrected chi connectivity index (χ1v) is 6.96. The van der Waals surface area contributed by atoms with E-state index in [0.717, 1.165) is 11.8 Å². The van der Waals surface area contributed by atoms with Crippen molar-refractivity contribution >= 4 is 0 Å². The first kappa shape index (κ1) is 13.6. The summed E-state index contributed by atoms with van der Waals surface area (Å²) >= 11 is 0. The summed E-state index contributed by atoms with van der Waals surface area (Å²) in [5, 5.41) is 3.68. The SMILES string of the molecule is C=C(NC1CCCCC1CC(C)C)C(C)C. The number of rotatable bonds is 5. The van der Waals surface area contributed by atoms with Gasteiger partial charge >= 0.3 is 0 Å². The van der Waals surface area contributed by atoms with Crippen LogP contribution in [0.4, 0.5) is 0 Å². The minimum atomic E-state index is 0.557. The van der Waals surface area contributed by atoms with Gasteiger partial charge < -0.3 is 5.32 Å². The van der Waals surface area contributed by atoms with E-state index in [-0.39, 0.29) is 0 Å². The monoisotopic (exact) mass is 223 g/mol. The lowest BCUT2D eigenvalue weighted by Gasteiger charge is -2.35. The molecule has 0 spiro atoms. The second-order valence-corrected chi connectivity index (χ2v) is 6.10. The van der Waals surface area contributed by atoms with Gasteiger partial charge in [-0.1, -0.05) is 47.1 Å². The Morgan fingerprint density at radius 3 is 2.38 bits per heavy atom. The molecule has 1 rings (SSSR count). The van der Waals surface area contributed by atoms with E-state index in [1.807, 2.05) is 0 Å². The lowest BCUT2D eigenvalue weighted by Crippen LogP contribution is -2.39. The van der Waals surface area contributed by atoms with Crippen molar-refractivity contribution in [2.75, 3.05) is 0 Å². The minimum Gasteiger partial charge on any atom is -0.386 e. The lowest BCUT2D eigenvalue weighted by atomic mass is 9.79. The molecule has 1 N–H and O–H groups in total. The summed E-state index contributed by atoms with van der Waals surface area (Å²) in [6, 6.07) is 0.686. The Morgan fingerprint density at radius 2 is 1.81 bits per heavy atom. The lowest BCUT2D eigenvalue weighted by molar-refractivity contribution is 0.236. The second kappa shape index (κ2) is 6.32. The van der Waals surface area contributed by atoms with Gasteiger partial charge in [-0.25, -0.2) is 0 Å². The van der Waals surface area contributed by atoms with E-state index in [1.165, 1.54) is 37.8 Å². The van der Waals surface area contributed by atoms with E-state index < -0.39 is 0 Å². The van der Waals surface area contributed by atoms with Crippen LogP contribution < -0.4 is 5.32 Å². The van der Waals surface area contributed by atoms with Gasteiger partial charge in [0, 0.05) is 11.7 Å². The molecule has 0 radical (unpaired) electrons. The average molecular weight is 223 g/mol. The molecular formula is C15H29N. The minimum absolute atomic E-state index is 0.557. The number of nitrogens with one attached hydrogen (secondary N) is 1. The molecule has 0 heterocycles. The molecule has 0 saturated heterocycles. The van der Waals surface area contributed by atoms with Gasteiger partial charge in [0.1, 0.15) is 0 Å². The molecule has 1 saturated carbocycles. The zero-order chi connectivity index (χ0) is 12.1. The van der Waals surface area contributed by atoms with E-state index in [9.17, 15) is 0 Å². The van der Waals surface area contributed by atoms with E-state index in [0.29, 0.717) is 12.0 Å². The Kier molecular flexibility index (Phi) is 5.37. The van der Waals surface area contributed by atoms with Crippen LogP contribution >= 0.6 is 0 Å². The van der Waals surface area contributed by atoms with Crippen LogP contribution in [0, 0.1) is 17.8 Å². The zero-order valence-electron chi connectivity index (χ0n) is 11.6. The summed E-state index contributed by atoms with van der Waals surface area (Å²) in [7, 11) is 0. The van der Waals surface area contributed by atoms with E-state index >= 15 is 0 Å². The van der Waals surface area contributed by atoms with Gasteiger partial charge in [0.15, 0.2) is 0 Å². The van der Waals surface area contributed by atoms with Crippen LogP contribution in [0.5, 0.6) is 0 Å². The fourth-order valence-electron chi connectivity index (χ4n) is 2.69. The summed E-state index contributed by atoms with van der Waals surface area (Å²) in [6.45, 7) is 13.3. The van der Waals surface area contributed by atoms with Crippen molar-refractivity contribution < 1.29 is 0 Å². The maximum atomic E-state index is 4.15. The first-order chi connectivity index (χ1) is 7.50. The average Bonchev–Trinajstić information content (AvgIpc) is 2.20.